The first kappa shape index (κ1) is 27.7. The van der Waals surface area contributed by atoms with Crippen molar-refractivity contribution in [1.29, 1.82) is 0 Å². The molecule has 0 aliphatic rings. The summed E-state index contributed by atoms with van der Waals surface area (Å²) in [6.45, 7) is 11.7. The third-order valence-corrected chi connectivity index (χ3v) is 5.27. The number of alkyl halides is 3. The molecule has 4 rings (SSSR count). The predicted molar refractivity (Wildman–Crippen MR) is 135 cm³/mol. The predicted octanol–water partition coefficient (Wildman–Crippen LogP) is 7.64. The summed E-state index contributed by atoms with van der Waals surface area (Å²) in [5, 5.41) is 0. The zero-order chi connectivity index (χ0) is 26.3. The molecule has 4 aromatic rings. The van der Waals surface area contributed by atoms with Gasteiger partial charge in [-0.2, -0.15) is 13.2 Å². The summed E-state index contributed by atoms with van der Waals surface area (Å²) in [7, 11) is 3.43. The number of nitrogens with zero attached hydrogens (tertiary/aromatic N) is 4. The molecule has 0 aliphatic heterocycles. The molecular formula is C27H33F3N4O. The van der Waals surface area contributed by atoms with Gasteiger partial charge in [0.15, 0.2) is 0 Å². The summed E-state index contributed by atoms with van der Waals surface area (Å²) < 4.78 is 48.8. The maximum Gasteiger partial charge on any atom is 0.416 e. The molecule has 0 spiro atoms. The van der Waals surface area contributed by atoms with Gasteiger partial charge in [-0.3, -0.25) is 0 Å². The highest BCUT2D eigenvalue weighted by Gasteiger charge is 2.31. The number of benzene rings is 2. The lowest BCUT2D eigenvalue weighted by atomic mass is 10.1. The molecule has 0 aliphatic carbocycles. The fourth-order valence-corrected chi connectivity index (χ4v) is 3.54. The van der Waals surface area contributed by atoms with Crippen LogP contribution in [0.15, 0.2) is 55.0 Å². The second kappa shape index (κ2) is 11.7. The van der Waals surface area contributed by atoms with E-state index in [-0.39, 0.29) is 0 Å². The maximum atomic E-state index is 13.2. The number of imidazole rings is 2. The minimum Gasteiger partial charge on any atom is -0.495 e. The van der Waals surface area contributed by atoms with Crippen molar-refractivity contribution in [1.82, 2.24) is 19.1 Å². The Bertz CT molecular complexity index is 1260. The highest BCUT2D eigenvalue weighted by molar-refractivity contribution is 5.70. The molecule has 0 unspecified atom stereocenters. The van der Waals surface area contributed by atoms with Gasteiger partial charge >= 0.3 is 6.18 Å². The van der Waals surface area contributed by atoms with Crippen LogP contribution in [-0.2, 0) is 13.2 Å². The van der Waals surface area contributed by atoms with Crippen LogP contribution < -0.4 is 4.74 Å². The number of hydrogen-bond acceptors (Lipinski definition) is 3. The van der Waals surface area contributed by atoms with Gasteiger partial charge in [0.2, 0.25) is 0 Å². The van der Waals surface area contributed by atoms with Crippen molar-refractivity contribution in [3.05, 3.63) is 71.9 Å². The Kier molecular flexibility index (Phi) is 9.28. The van der Waals surface area contributed by atoms with Gasteiger partial charge in [0.1, 0.15) is 11.6 Å². The number of methoxy groups -OCH3 is 1. The van der Waals surface area contributed by atoms with Gasteiger partial charge in [-0.25, -0.2) is 9.97 Å². The molecular weight excluding hydrogens is 453 g/mol. The largest absolute Gasteiger partial charge is 0.495 e. The van der Waals surface area contributed by atoms with Gasteiger partial charge in [0, 0.05) is 30.1 Å². The van der Waals surface area contributed by atoms with Crippen LogP contribution in [-0.4, -0.2) is 26.2 Å². The average Bonchev–Trinajstić information content (AvgIpc) is 3.43. The minimum absolute atomic E-state index is 0.423. The molecule has 0 saturated carbocycles. The van der Waals surface area contributed by atoms with Crippen LogP contribution in [0.4, 0.5) is 13.2 Å². The lowest BCUT2D eigenvalue weighted by Crippen LogP contribution is -2.04. The molecule has 2 aromatic carbocycles. The first-order chi connectivity index (χ1) is 16.7. The fourth-order valence-electron chi connectivity index (χ4n) is 3.54. The van der Waals surface area contributed by atoms with E-state index < -0.39 is 11.7 Å². The van der Waals surface area contributed by atoms with E-state index >= 15 is 0 Å². The molecule has 0 amide bonds. The fraction of sp³-hybridized carbons (Fsp3) is 0.333. The number of halogens is 3. The Morgan fingerprint density at radius 2 is 1.60 bits per heavy atom. The van der Waals surface area contributed by atoms with E-state index in [1.165, 1.54) is 6.07 Å². The molecule has 5 nitrogen and oxygen atoms in total. The summed E-state index contributed by atoms with van der Waals surface area (Å²) in [6, 6.07) is 10.9. The average molecular weight is 487 g/mol. The normalized spacial score (nSPS) is 10.7. The number of ether oxygens (including phenoxy) is 1. The molecule has 0 atom stereocenters. The van der Waals surface area contributed by atoms with Crippen LogP contribution in [0.1, 0.15) is 44.6 Å². The van der Waals surface area contributed by atoms with E-state index in [0.29, 0.717) is 22.8 Å². The summed E-state index contributed by atoms with van der Waals surface area (Å²) in [5.74, 6) is 1.27. The molecule has 0 fully saturated rings. The SMILES string of the molecule is CC.CC.COc1cc(-c2nc(-c3cccc(C(F)(F)F)c3)c(C)n2C)ccc1-n1cnc(C)c1. The zero-order valence-electron chi connectivity index (χ0n) is 21.5. The summed E-state index contributed by atoms with van der Waals surface area (Å²) in [4.78, 5) is 8.92. The topological polar surface area (TPSA) is 44.9 Å². The van der Waals surface area contributed by atoms with Crippen LogP contribution in [0.5, 0.6) is 5.75 Å². The van der Waals surface area contributed by atoms with Crippen LogP contribution in [0.25, 0.3) is 28.3 Å². The van der Waals surface area contributed by atoms with Gasteiger partial charge < -0.3 is 13.9 Å². The van der Waals surface area contributed by atoms with E-state index in [2.05, 4.69) is 9.97 Å². The summed E-state index contributed by atoms with van der Waals surface area (Å²) >= 11 is 0. The smallest absolute Gasteiger partial charge is 0.416 e. The Hall–Kier alpha value is -3.55. The maximum absolute atomic E-state index is 13.2. The van der Waals surface area contributed by atoms with E-state index in [9.17, 15) is 13.2 Å². The summed E-state index contributed by atoms with van der Waals surface area (Å²) in [6.07, 6.45) is -0.798. The second-order valence-electron chi connectivity index (χ2n) is 7.32. The Balaban J connectivity index is 0.00000103. The van der Waals surface area contributed by atoms with E-state index in [4.69, 9.17) is 4.74 Å². The van der Waals surface area contributed by atoms with Gasteiger partial charge in [0.25, 0.3) is 0 Å². The first-order valence-corrected chi connectivity index (χ1v) is 11.6. The molecule has 35 heavy (non-hydrogen) atoms. The Morgan fingerprint density at radius 3 is 2.17 bits per heavy atom. The van der Waals surface area contributed by atoms with Gasteiger partial charge in [-0.15, -0.1) is 0 Å². The molecule has 0 bridgehead atoms. The third kappa shape index (κ3) is 5.93. The Labute approximate surface area is 205 Å². The van der Waals surface area contributed by atoms with Gasteiger partial charge in [0.05, 0.1) is 36.1 Å². The molecule has 2 aromatic heterocycles. The van der Waals surface area contributed by atoms with Crippen LogP contribution in [0, 0.1) is 13.8 Å². The number of aryl methyl sites for hydroxylation is 1. The second-order valence-corrected chi connectivity index (χ2v) is 7.32. The van der Waals surface area contributed by atoms with E-state index in [1.54, 1.807) is 19.5 Å². The quantitative estimate of drug-likeness (QED) is 0.298. The standard InChI is InChI=1S/C23H21F3N4O.2C2H6/c1-14-12-30(13-27-14)19-9-8-17(11-20(19)31-4)22-28-21(15(2)29(22)3)16-6-5-7-18(10-16)23(24,25)26;2*1-2/h5-13H,1-4H3;2*1-2H3. The first-order valence-electron chi connectivity index (χ1n) is 11.6. The van der Waals surface area contributed by atoms with E-state index in [0.717, 1.165) is 34.8 Å². The third-order valence-electron chi connectivity index (χ3n) is 5.27. The van der Waals surface area contributed by atoms with Crippen molar-refractivity contribution < 1.29 is 17.9 Å². The summed E-state index contributed by atoms with van der Waals surface area (Å²) in [5.41, 5.74) is 3.51. The lowest BCUT2D eigenvalue weighted by molar-refractivity contribution is -0.137. The van der Waals surface area contributed by atoms with Crippen molar-refractivity contribution in [3.8, 4) is 34.1 Å². The molecule has 0 radical (unpaired) electrons. The zero-order valence-corrected chi connectivity index (χ0v) is 21.5. The van der Waals surface area contributed by atoms with Crippen molar-refractivity contribution in [2.24, 2.45) is 7.05 Å². The molecule has 0 saturated heterocycles. The lowest BCUT2D eigenvalue weighted by Gasteiger charge is -2.11. The molecule has 8 heteroatoms. The number of rotatable bonds is 4. The van der Waals surface area contributed by atoms with Crippen molar-refractivity contribution in [2.75, 3.05) is 7.11 Å². The molecule has 188 valence electrons. The number of aromatic nitrogens is 4. The van der Waals surface area contributed by atoms with Gasteiger partial charge in [-0.05, 0) is 44.2 Å². The van der Waals surface area contributed by atoms with Crippen molar-refractivity contribution >= 4 is 0 Å². The van der Waals surface area contributed by atoms with Crippen LogP contribution in [0.2, 0.25) is 0 Å². The minimum atomic E-state index is -4.41. The molecule has 2 heterocycles. The highest BCUT2D eigenvalue weighted by atomic mass is 19.4. The molecule has 0 N–H and O–H groups in total. The van der Waals surface area contributed by atoms with Crippen molar-refractivity contribution in [2.45, 2.75) is 47.7 Å². The van der Waals surface area contributed by atoms with Gasteiger partial charge in [-0.1, -0.05) is 39.8 Å². The van der Waals surface area contributed by atoms with E-state index in [1.807, 2.05) is 82.1 Å². The van der Waals surface area contributed by atoms with Crippen molar-refractivity contribution in [3.63, 3.8) is 0 Å². The monoisotopic (exact) mass is 486 g/mol. The van der Waals surface area contributed by atoms with Crippen LogP contribution >= 0.6 is 0 Å². The van der Waals surface area contributed by atoms with Crippen LogP contribution in [0.3, 0.4) is 0 Å². The highest BCUT2D eigenvalue weighted by Crippen LogP contribution is 2.35. The number of hydrogen-bond donors (Lipinski definition) is 0. The Morgan fingerprint density at radius 1 is 0.914 bits per heavy atom.